The van der Waals surface area contributed by atoms with Crippen molar-refractivity contribution in [3.05, 3.63) is 24.2 Å². The molecule has 2 aliphatic heterocycles. The molecule has 28 heavy (non-hydrogen) atoms. The van der Waals surface area contributed by atoms with Gasteiger partial charge in [0, 0.05) is 19.5 Å². The van der Waals surface area contributed by atoms with Crippen LogP contribution in [0.5, 0.6) is 0 Å². The fourth-order valence-electron chi connectivity index (χ4n) is 5.49. The van der Waals surface area contributed by atoms with Crippen LogP contribution in [-0.4, -0.2) is 51.8 Å². The minimum Gasteiger partial charge on any atom is -0.481 e. The third-order valence-electron chi connectivity index (χ3n) is 6.85. The van der Waals surface area contributed by atoms with Crippen molar-refractivity contribution in [3.63, 3.8) is 0 Å². The summed E-state index contributed by atoms with van der Waals surface area (Å²) in [6.07, 6.45) is 7.41. The minimum atomic E-state index is -1.09. The highest BCUT2D eigenvalue weighted by Gasteiger charge is 2.62. The maximum Gasteiger partial charge on any atom is 0.309 e. The van der Waals surface area contributed by atoms with Crippen LogP contribution in [0.4, 0.5) is 0 Å². The minimum absolute atomic E-state index is 0.0775. The van der Waals surface area contributed by atoms with E-state index in [9.17, 15) is 19.5 Å². The summed E-state index contributed by atoms with van der Waals surface area (Å²) < 4.78 is 5.59. The molecule has 4 rings (SSSR count). The van der Waals surface area contributed by atoms with Gasteiger partial charge in [0.2, 0.25) is 11.8 Å². The second kappa shape index (κ2) is 7.26. The lowest BCUT2D eigenvalue weighted by Crippen LogP contribution is -2.58. The largest absolute Gasteiger partial charge is 0.481 e. The number of hydrogen-bond acceptors (Lipinski definition) is 4. The number of rotatable bonds is 3. The lowest BCUT2D eigenvalue weighted by atomic mass is 9.85. The van der Waals surface area contributed by atoms with Gasteiger partial charge in [-0.3, -0.25) is 14.4 Å². The zero-order chi connectivity index (χ0) is 19.9. The van der Waals surface area contributed by atoms with Gasteiger partial charge in [0.05, 0.1) is 12.2 Å². The number of carbonyl (C=O) groups excluding carboxylic acids is 2. The van der Waals surface area contributed by atoms with Crippen LogP contribution in [0.1, 0.15) is 63.2 Å². The van der Waals surface area contributed by atoms with Crippen molar-refractivity contribution >= 4 is 17.8 Å². The normalized spacial score (nSPS) is 31.5. The predicted octanol–water partition coefficient (Wildman–Crippen LogP) is 2.83. The highest BCUT2D eigenvalue weighted by Crippen LogP contribution is 2.52. The van der Waals surface area contributed by atoms with E-state index in [1.807, 2.05) is 0 Å². The summed E-state index contributed by atoms with van der Waals surface area (Å²) in [4.78, 5) is 42.7. The first kappa shape index (κ1) is 19.0. The number of carboxylic acid groups (broad SMARTS) is 1. The topological polar surface area (TPSA) is 91.1 Å². The maximum atomic E-state index is 13.7. The summed E-state index contributed by atoms with van der Waals surface area (Å²) in [5.41, 5.74) is -1.09. The predicted molar refractivity (Wildman–Crippen MR) is 100 cm³/mol. The van der Waals surface area contributed by atoms with Gasteiger partial charge in [-0.15, -0.1) is 0 Å². The van der Waals surface area contributed by atoms with E-state index < -0.39 is 23.5 Å². The van der Waals surface area contributed by atoms with Crippen LogP contribution < -0.4 is 0 Å². The third-order valence-corrected chi connectivity index (χ3v) is 6.85. The Balaban J connectivity index is 1.84. The number of carboxylic acids is 1. The van der Waals surface area contributed by atoms with Gasteiger partial charge >= 0.3 is 5.97 Å². The van der Waals surface area contributed by atoms with Gasteiger partial charge in [0.15, 0.2) is 0 Å². The van der Waals surface area contributed by atoms with Crippen molar-refractivity contribution in [1.82, 2.24) is 9.80 Å². The molecule has 0 unspecified atom stereocenters. The van der Waals surface area contributed by atoms with Crippen molar-refractivity contribution in [1.29, 1.82) is 0 Å². The Morgan fingerprint density at radius 1 is 1.21 bits per heavy atom. The van der Waals surface area contributed by atoms with Crippen LogP contribution in [0.2, 0.25) is 0 Å². The van der Waals surface area contributed by atoms with Crippen molar-refractivity contribution in [2.45, 2.75) is 62.9 Å². The molecule has 1 aromatic rings. The monoisotopic (exact) mass is 388 g/mol. The summed E-state index contributed by atoms with van der Waals surface area (Å²) in [6.45, 7) is 0.634. The van der Waals surface area contributed by atoms with Gasteiger partial charge in [-0.1, -0.05) is 12.8 Å². The van der Waals surface area contributed by atoms with Gasteiger partial charge < -0.3 is 19.3 Å². The van der Waals surface area contributed by atoms with E-state index in [1.165, 1.54) is 6.26 Å². The Bertz CT molecular complexity index is 755. The quantitative estimate of drug-likeness (QED) is 0.860. The second-order valence-corrected chi connectivity index (χ2v) is 8.51. The van der Waals surface area contributed by atoms with Gasteiger partial charge in [-0.2, -0.15) is 0 Å². The van der Waals surface area contributed by atoms with Crippen LogP contribution in [0.3, 0.4) is 0 Å². The number of amides is 2. The molecule has 1 spiro atoms. The molecule has 0 aromatic carbocycles. The molecule has 2 amide bonds. The smallest absolute Gasteiger partial charge is 0.309 e. The lowest BCUT2D eigenvalue weighted by molar-refractivity contribution is -0.155. The zero-order valence-corrected chi connectivity index (χ0v) is 16.3. The molecule has 3 fully saturated rings. The number of likely N-dealkylation sites (tertiary alicyclic amines) is 2. The van der Waals surface area contributed by atoms with Crippen molar-refractivity contribution in [3.8, 4) is 0 Å². The Morgan fingerprint density at radius 2 is 1.96 bits per heavy atom. The van der Waals surface area contributed by atoms with E-state index in [1.54, 1.807) is 29.0 Å². The number of nitrogens with zero attached hydrogens (tertiary/aromatic N) is 2. The van der Waals surface area contributed by atoms with Crippen molar-refractivity contribution in [2.24, 2.45) is 11.8 Å². The first-order valence-electron chi connectivity index (χ1n) is 10.3. The number of likely N-dealkylation sites (N-methyl/N-ethyl adjacent to an activating group) is 1. The van der Waals surface area contributed by atoms with Crippen LogP contribution in [0, 0.1) is 11.8 Å². The second-order valence-electron chi connectivity index (χ2n) is 8.51. The molecule has 1 N–H and O–H groups in total. The summed E-state index contributed by atoms with van der Waals surface area (Å²) in [7, 11) is 1.75. The molecule has 1 saturated carbocycles. The van der Waals surface area contributed by atoms with E-state index in [4.69, 9.17) is 4.42 Å². The van der Waals surface area contributed by atoms with Gasteiger partial charge in [0.1, 0.15) is 17.3 Å². The van der Waals surface area contributed by atoms with Crippen LogP contribution in [-0.2, 0) is 14.4 Å². The summed E-state index contributed by atoms with van der Waals surface area (Å²) in [5, 5.41) is 9.98. The summed E-state index contributed by atoms with van der Waals surface area (Å²) in [5.74, 6) is -1.73. The molecule has 3 atom stereocenters. The first-order chi connectivity index (χ1) is 13.5. The molecule has 1 aromatic heterocycles. The third kappa shape index (κ3) is 2.91. The number of carbonyl (C=O) groups is 3. The molecule has 7 nitrogen and oxygen atoms in total. The SMILES string of the molecule is CN1CCCC[C@]2(C[C@H](C(=O)O)[C@H](c3ccco3)N2C(=O)C2CCCC2)C1=O. The van der Waals surface area contributed by atoms with Crippen molar-refractivity contribution < 1.29 is 23.9 Å². The Kier molecular flexibility index (Phi) is 4.93. The highest BCUT2D eigenvalue weighted by atomic mass is 16.4. The summed E-state index contributed by atoms with van der Waals surface area (Å²) in [6, 6.07) is 2.69. The number of aliphatic carboxylic acids is 1. The molecule has 1 aliphatic carbocycles. The highest BCUT2D eigenvalue weighted by molar-refractivity contribution is 5.95. The Labute approximate surface area is 164 Å². The number of furan rings is 1. The molecular weight excluding hydrogens is 360 g/mol. The number of hydrogen-bond donors (Lipinski definition) is 1. The maximum absolute atomic E-state index is 13.7. The molecule has 2 saturated heterocycles. The van der Waals surface area contributed by atoms with E-state index in [0.29, 0.717) is 18.7 Å². The van der Waals surface area contributed by atoms with E-state index in [2.05, 4.69) is 0 Å². The molecule has 3 heterocycles. The zero-order valence-electron chi connectivity index (χ0n) is 16.3. The van der Waals surface area contributed by atoms with Crippen LogP contribution in [0.15, 0.2) is 22.8 Å². The summed E-state index contributed by atoms with van der Waals surface area (Å²) >= 11 is 0. The van der Waals surface area contributed by atoms with Crippen molar-refractivity contribution in [2.75, 3.05) is 13.6 Å². The standard InChI is InChI=1S/C21H28N2O5/c1-22-11-5-4-10-21(20(22)27)13-15(19(25)26)17(16-9-6-12-28-16)23(21)18(24)14-7-2-3-8-14/h6,9,12,14-15,17H,2-5,7-8,10-11,13H2,1H3,(H,25,26)/t15-,17+,21-/m0/s1. The van der Waals surface area contributed by atoms with E-state index in [0.717, 1.165) is 38.5 Å². The average molecular weight is 388 g/mol. The molecule has 3 aliphatic rings. The molecule has 0 radical (unpaired) electrons. The molecule has 152 valence electrons. The van der Waals surface area contributed by atoms with E-state index >= 15 is 0 Å². The fourth-order valence-corrected chi connectivity index (χ4v) is 5.49. The van der Waals surface area contributed by atoms with Gasteiger partial charge in [-0.05, 0) is 50.7 Å². The fraction of sp³-hybridized carbons (Fsp3) is 0.667. The van der Waals surface area contributed by atoms with Gasteiger partial charge in [-0.25, -0.2) is 0 Å². The molecule has 7 heteroatoms. The first-order valence-corrected chi connectivity index (χ1v) is 10.3. The Hall–Kier alpha value is -2.31. The van der Waals surface area contributed by atoms with E-state index in [-0.39, 0.29) is 24.2 Å². The average Bonchev–Trinajstić information content (AvgIpc) is 3.41. The molecular formula is C21H28N2O5. The van der Waals surface area contributed by atoms with Crippen LogP contribution in [0.25, 0.3) is 0 Å². The lowest BCUT2D eigenvalue weighted by Gasteiger charge is -2.41. The van der Waals surface area contributed by atoms with Gasteiger partial charge in [0.25, 0.3) is 0 Å². The molecule has 0 bridgehead atoms. The van der Waals surface area contributed by atoms with Crippen LogP contribution >= 0.6 is 0 Å². The Morgan fingerprint density at radius 3 is 2.61 bits per heavy atom.